The fourth-order valence-electron chi connectivity index (χ4n) is 0.119. The van der Waals surface area contributed by atoms with Gasteiger partial charge in [0.25, 0.3) is 0 Å². The highest BCUT2D eigenvalue weighted by molar-refractivity contribution is 5.21. The van der Waals surface area contributed by atoms with E-state index in [1.165, 1.54) is 0 Å². The summed E-state index contributed by atoms with van der Waals surface area (Å²) in [5.41, 5.74) is 0. The van der Waals surface area contributed by atoms with Gasteiger partial charge in [-0.15, -0.1) is 5.16 Å². The summed E-state index contributed by atoms with van der Waals surface area (Å²) in [5.74, 6) is 0. The van der Waals surface area contributed by atoms with Gasteiger partial charge in [-0.3, -0.25) is 0 Å². The molecule has 0 rings (SSSR count). The standard InChI is InChI=1S/C3H4F3NO/c1-7-8-2-3(4,5)6/h1-2H2. The maximum Gasteiger partial charge on any atom is 0.425 e. The number of nitrogens with zero attached hydrogens (tertiary/aromatic N) is 1. The predicted octanol–water partition coefficient (Wildman–Crippen LogP) is 1.18. The topological polar surface area (TPSA) is 21.6 Å². The van der Waals surface area contributed by atoms with E-state index in [4.69, 9.17) is 0 Å². The van der Waals surface area contributed by atoms with Crippen LogP contribution in [0.25, 0.3) is 0 Å². The molecule has 0 aliphatic heterocycles. The minimum Gasteiger partial charge on any atom is -0.387 e. The molecule has 0 aromatic rings. The van der Waals surface area contributed by atoms with Gasteiger partial charge >= 0.3 is 6.18 Å². The van der Waals surface area contributed by atoms with Crippen molar-refractivity contribution in [3.63, 3.8) is 0 Å². The molecular formula is C3H4F3NO. The van der Waals surface area contributed by atoms with Crippen LogP contribution in [-0.2, 0) is 4.84 Å². The highest BCUT2D eigenvalue weighted by atomic mass is 19.4. The van der Waals surface area contributed by atoms with Crippen molar-refractivity contribution in [1.82, 2.24) is 0 Å². The Labute approximate surface area is 43.9 Å². The average Bonchev–Trinajstić information content (AvgIpc) is 1.59. The van der Waals surface area contributed by atoms with Gasteiger partial charge < -0.3 is 4.84 Å². The SMILES string of the molecule is C=NOCC(F)(F)F. The molecule has 0 N–H and O–H groups in total. The Morgan fingerprint density at radius 2 is 2.00 bits per heavy atom. The minimum absolute atomic E-state index is 1.36. The molecule has 5 heteroatoms. The lowest BCUT2D eigenvalue weighted by atomic mass is 10.7. The molecule has 0 aliphatic rings. The summed E-state index contributed by atoms with van der Waals surface area (Å²) in [5, 5.41) is 2.55. The first-order chi connectivity index (χ1) is 3.56. The minimum atomic E-state index is -4.30. The van der Waals surface area contributed by atoms with Gasteiger partial charge in [-0.05, 0) is 0 Å². The predicted molar refractivity (Wildman–Crippen MR) is 21.6 cm³/mol. The Balaban J connectivity index is 3.24. The number of rotatable bonds is 2. The number of halogens is 3. The largest absolute Gasteiger partial charge is 0.425 e. The molecule has 0 bridgehead atoms. The van der Waals surface area contributed by atoms with Crippen molar-refractivity contribution in [3.05, 3.63) is 0 Å². The maximum absolute atomic E-state index is 11.0. The third-order valence-electron chi connectivity index (χ3n) is 0.320. The van der Waals surface area contributed by atoms with Gasteiger partial charge in [0.1, 0.15) is 0 Å². The molecule has 2 nitrogen and oxygen atoms in total. The van der Waals surface area contributed by atoms with E-state index in [9.17, 15) is 13.2 Å². The Morgan fingerprint density at radius 3 is 2.12 bits per heavy atom. The van der Waals surface area contributed by atoms with E-state index < -0.39 is 12.8 Å². The van der Waals surface area contributed by atoms with Crippen LogP contribution in [0, 0.1) is 0 Å². The van der Waals surface area contributed by atoms with Crippen LogP contribution < -0.4 is 0 Å². The molecule has 0 saturated heterocycles. The summed E-state index contributed by atoms with van der Waals surface area (Å²) < 4.78 is 33.1. The Kier molecular flexibility index (Phi) is 2.30. The van der Waals surface area contributed by atoms with Crippen LogP contribution in [-0.4, -0.2) is 19.5 Å². The van der Waals surface area contributed by atoms with Gasteiger partial charge in [0, 0.05) is 6.72 Å². The van der Waals surface area contributed by atoms with Gasteiger partial charge in [0.15, 0.2) is 0 Å². The van der Waals surface area contributed by atoms with E-state index in [1.807, 2.05) is 0 Å². The van der Waals surface area contributed by atoms with Crippen molar-refractivity contribution in [1.29, 1.82) is 0 Å². The van der Waals surface area contributed by atoms with Crippen LogP contribution in [0.2, 0.25) is 0 Å². The van der Waals surface area contributed by atoms with Gasteiger partial charge in [-0.1, -0.05) is 0 Å². The summed E-state index contributed by atoms with van der Waals surface area (Å²) in [6, 6.07) is 0. The molecular weight excluding hydrogens is 123 g/mol. The second-order valence-corrected chi connectivity index (χ2v) is 1.02. The molecule has 0 fully saturated rings. The van der Waals surface area contributed by atoms with E-state index in [0.717, 1.165) is 0 Å². The fraction of sp³-hybridized carbons (Fsp3) is 0.667. The molecule has 0 unspecified atom stereocenters. The third-order valence-corrected chi connectivity index (χ3v) is 0.320. The van der Waals surface area contributed by atoms with E-state index in [0.29, 0.717) is 0 Å². The summed E-state index contributed by atoms with van der Waals surface area (Å²) in [4.78, 5) is 3.59. The van der Waals surface area contributed by atoms with Crippen molar-refractivity contribution < 1.29 is 18.0 Å². The molecule has 0 aromatic carbocycles. The van der Waals surface area contributed by atoms with Gasteiger partial charge in [0.2, 0.25) is 6.61 Å². The number of hydrogen-bond acceptors (Lipinski definition) is 2. The second-order valence-electron chi connectivity index (χ2n) is 1.02. The lowest BCUT2D eigenvalue weighted by Crippen LogP contribution is -2.14. The quantitative estimate of drug-likeness (QED) is 0.403. The lowest BCUT2D eigenvalue weighted by Gasteiger charge is -2.01. The first kappa shape index (κ1) is 7.26. The van der Waals surface area contributed by atoms with E-state index in [2.05, 4.69) is 16.7 Å². The van der Waals surface area contributed by atoms with Gasteiger partial charge in [-0.25, -0.2) is 0 Å². The van der Waals surface area contributed by atoms with Crippen LogP contribution in [0.3, 0.4) is 0 Å². The monoisotopic (exact) mass is 127 g/mol. The molecule has 0 spiro atoms. The van der Waals surface area contributed by atoms with Crippen LogP contribution in [0.1, 0.15) is 0 Å². The molecule has 0 aliphatic carbocycles. The van der Waals surface area contributed by atoms with E-state index in [1.54, 1.807) is 0 Å². The zero-order chi connectivity index (χ0) is 6.62. The molecule has 8 heavy (non-hydrogen) atoms. The lowest BCUT2D eigenvalue weighted by molar-refractivity contribution is -0.173. The molecule has 0 aromatic heterocycles. The molecule has 0 heterocycles. The number of oxime groups is 1. The summed E-state index contributed by atoms with van der Waals surface area (Å²) in [6.07, 6.45) is -4.30. The maximum atomic E-state index is 11.0. The Morgan fingerprint density at radius 1 is 1.50 bits per heavy atom. The van der Waals surface area contributed by atoms with Crippen LogP contribution in [0.4, 0.5) is 13.2 Å². The zero-order valence-electron chi connectivity index (χ0n) is 3.90. The summed E-state index contributed by atoms with van der Waals surface area (Å²) >= 11 is 0. The van der Waals surface area contributed by atoms with E-state index in [-0.39, 0.29) is 0 Å². The number of hydrogen-bond donors (Lipinski definition) is 0. The normalized spacial score (nSPS) is 10.9. The molecule has 0 atom stereocenters. The second kappa shape index (κ2) is 2.54. The van der Waals surface area contributed by atoms with Crippen molar-refractivity contribution >= 4 is 6.72 Å². The smallest absolute Gasteiger partial charge is 0.387 e. The first-order valence-electron chi connectivity index (χ1n) is 1.71. The van der Waals surface area contributed by atoms with Crippen molar-refractivity contribution in [2.45, 2.75) is 6.18 Å². The molecule has 0 saturated carbocycles. The van der Waals surface area contributed by atoms with Crippen LogP contribution >= 0.6 is 0 Å². The average molecular weight is 127 g/mol. The molecule has 48 valence electrons. The van der Waals surface area contributed by atoms with E-state index >= 15 is 0 Å². The van der Waals surface area contributed by atoms with Gasteiger partial charge in [-0.2, -0.15) is 13.2 Å². The molecule has 0 radical (unpaired) electrons. The summed E-state index contributed by atoms with van der Waals surface area (Å²) in [6.45, 7) is 1.33. The third kappa shape index (κ3) is 5.26. The highest BCUT2D eigenvalue weighted by Gasteiger charge is 2.28. The summed E-state index contributed by atoms with van der Waals surface area (Å²) in [7, 11) is 0. The van der Waals surface area contributed by atoms with Crippen LogP contribution in [0.5, 0.6) is 0 Å². The van der Waals surface area contributed by atoms with Crippen LogP contribution in [0.15, 0.2) is 5.16 Å². The molecule has 0 amide bonds. The zero-order valence-corrected chi connectivity index (χ0v) is 3.90. The van der Waals surface area contributed by atoms with Gasteiger partial charge in [0.05, 0.1) is 0 Å². The Hall–Kier alpha value is -0.740. The van der Waals surface area contributed by atoms with Crippen molar-refractivity contribution in [2.75, 3.05) is 6.61 Å². The Bertz CT molecular complexity index is 79.1. The highest BCUT2D eigenvalue weighted by Crippen LogP contribution is 2.13. The van der Waals surface area contributed by atoms with Crippen molar-refractivity contribution in [3.8, 4) is 0 Å². The van der Waals surface area contributed by atoms with Crippen molar-refractivity contribution in [2.24, 2.45) is 5.16 Å². The number of alkyl halides is 3. The first-order valence-corrected chi connectivity index (χ1v) is 1.71. The fourth-order valence-corrected chi connectivity index (χ4v) is 0.119.